The Morgan fingerprint density at radius 1 is 0.778 bits per heavy atom. The van der Waals surface area contributed by atoms with Crippen LogP contribution in [-0.2, 0) is 0 Å². The highest BCUT2D eigenvalue weighted by Crippen LogP contribution is 2.30. The van der Waals surface area contributed by atoms with Gasteiger partial charge >= 0.3 is 0 Å². The molecule has 1 heterocycles. The molecule has 0 amide bonds. The minimum Gasteiger partial charge on any atom is -0.217 e. The third-order valence-corrected chi connectivity index (χ3v) is 3.19. The van der Waals surface area contributed by atoms with E-state index in [9.17, 15) is 0 Å². The molecular formula is C14H8Cl2N2. The maximum atomic E-state index is 6.09. The number of hydrogen-bond acceptors (Lipinski definition) is 2. The van der Waals surface area contributed by atoms with Crippen molar-refractivity contribution in [3.63, 3.8) is 0 Å². The summed E-state index contributed by atoms with van der Waals surface area (Å²) in [4.78, 5) is 8.24. The van der Waals surface area contributed by atoms with Crippen LogP contribution >= 0.6 is 23.2 Å². The van der Waals surface area contributed by atoms with Crippen molar-refractivity contribution in [2.75, 3.05) is 0 Å². The molecule has 0 radical (unpaired) electrons. The standard InChI is InChI=1S/C14H8Cl2N2/c15-13-11-8-4-7-10(9-5-2-1-3-6-9)12(11)17-14(16)18-13/h1-8H. The van der Waals surface area contributed by atoms with Crippen LogP contribution in [0.2, 0.25) is 10.4 Å². The largest absolute Gasteiger partial charge is 0.224 e. The Hall–Kier alpha value is -1.64. The molecule has 2 nitrogen and oxygen atoms in total. The zero-order valence-corrected chi connectivity index (χ0v) is 10.8. The fourth-order valence-corrected chi connectivity index (χ4v) is 2.38. The molecule has 0 fully saturated rings. The van der Waals surface area contributed by atoms with Crippen LogP contribution in [0.25, 0.3) is 22.0 Å². The summed E-state index contributed by atoms with van der Waals surface area (Å²) in [6.07, 6.45) is 0. The Morgan fingerprint density at radius 3 is 2.33 bits per heavy atom. The van der Waals surface area contributed by atoms with Gasteiger partial charge in [0.2, 0.25) is 5.28 Å². The van der Waals surface area contributed by atoms with Crippen molar-refractivity contribution < 1.29 is 0 Å². The van der Waals surface area contributed by atoms with Gasteiger partial charge in [0.15, 0.2) is 0 Å². The molecule has 0 unspecified atom stereocenters. The molecule has 0 saturated heterocycles. The lowest BCUT2D eigenvalue weighted by Gasteiger charge is -2.07. The maximum absolute atomic E-state index is 6.09. The average Bonchev–Trinajstić information content (AvgIpc) is 2.39. The van der Waals surface area contributed by atoms with Gasteiger partial charge in [0, 0.05) is 10.9 Å². The quantitative estimate of drug-likeness (QED) is 0.479. The van der Waals surface area contributed by atoms with Gasteiger partial charge in [-0.25, -0.2) is 9.97 Å². The Bertz CT molecular complexity index is 712. The average molecular weight is 275 g/mol. The first-order valence-corrected chi connectivity index (χ1v) is 6.18. The first-order chi connectivity index (χ1) is 8.75. The van der Waals surface area contributed by atoms with Crippen molar-refractivity contribution in [3.05, 3.63) is 59.0 Å². The fourth-order valence-electron chi connectivity index (χ4n) is 1.94. The lowest BCUT2D eigenvalue weighted by atomic mass is 10.0. The Balaban J connectivity index is 2.37. The molecule has 2 aromatic carbocycles. The number of rotatable bonds is 1. The number of fused-ring (bicyclic) bond motifs is 1. The predicted octanol–water partition coefficient (Wildman–Crippen LogP) is 4.60. The zero-order valence-electron chi connectivity index (χ0n) is 9.27. The van der Waals surface area contributed by atoms with Gasteiger partial charge in [-0.2, -0.15) is 0 Å². The summed E-state index contributed by atoms with van der Waals surface area (Å²) >= 11 is 12.0. The van der Waals surface area contributed by atoms with Crippen molar-refractivity contribution in [3.8, 4) is 11.1 Å². The van der Waals surface area contributed by atoms with Crippen LogP contribution in [-0.4, -0.2) is 9.97 Å². The van der Waals surface area contributed by atoms with Crippen molar-refractivity contribution >= 4 is 34.1 Å². The highest BCUT2D eigenvalue weighted by atomic mass is 35.5. The van der Waals surface area contributed by atoms with Gasteiger partial charge in [0.25, 0.3) is 0 Å². The van der Waals surface area contributed by atoms with Gasteiger partial charge < -0.3 is 0 Å². The van der Waals surface area contributed by atoms with Crippen LogP contribution in [0.15, 0.2) is 48.5 Å². The van der Waals surface area contributed by atoms with E-state index in [1.807, 2.05) is 48.5 Å². The number of hydrogen-bond donors (Lipinski definition) is 0. The predicted molar refractivity (Wildman–Crippen MR) is 75.0 cm³/mol. The lowest BCUT2D eigenvalue weighted by Crippen LogP contribution is -1.89. The normalized spacial score (nSPS) is 10.8. The van der Waals surface area contributed by atoms with E-state index in [-0.39, 0.29) is 5.28 Å². The second kappa shape index (κ2) is 4.56. The summed E-state index contributed by atoms with van der Waals surface area (Å²) in [6, 6.07) is 15.8. The minimum absolute atomic E-state index is 0.163. The number of halogens is 2. The Labute approximate surface area is 114 Å². The fraction of sp³-hybridized carbons (Fsp3) is 0. The smallest absolute Gasteiger partial charge is 0.217 e. The molecule has 18 heavy (non-hydrogen) atoms. The molecule has 0 aliphatic heterocycles. The molecule has 0 aliphatic carbocycles. The van der Waals surface area contributed by atoms with Crippen molar-refractivity contribution in [2.45, 2.75) is 0 Å². The third kappa shape index (κ3) is 1.94. The van der Waals surface area contributed by atoms with Crippen LogP contribution in [0.5, 0.6) is 0 Å². The van der Waals surface area contributed by atoms with Gasteiger partial charge in [0.1, 0.15) is 5.15 Å². The van der Waals surface area contributed by atoms with Gasteiger partial charge in [0.05, 0.1) is 5.52 Å². The molecule has 0 saturated carbocycles. The molecule has 0 atom stereocenters. The molecule has 3 rings (SSSR count). The van der Waals surface area contributed by atoms with Crippen molar-refractivity contribution in [1.29, 1.82) is 0 Å². The Morgan fingerprint density at radius 2 is 1.56 bits per heavy atom. The lowest BCUT2D eigenvalue weighted by molar-refractivity contribution is 1.22. The molecular weight excluding hydrogens is 267 g/mol. The van der Waals surface area contributed by atoms with Crippen LogP contribution in [0.3, 0.4) is 0 Å². The Kier molecular flexibility index (Phi) is 2.90. The SMILES string of the molecule is Clc1nc(Cl)c2cccc(-c3ccccc3)c2n1. The van der Waals surface area contributed by atoms with E-state index in [0.717, 1.165) is 22.0 Å². The third-order valence-electron chi connectivity index (χ3n) is 2.74. The second-order valence-corrected chi connectivity index (χ2v) is 4.55. The number of para-hydroxylation sites is 1. The maximum Gasteiger partial charge on any atom is 0.224 e. The molecule has 0 aliphatic rings. The first-order valence-electron chi connectivity index (χ1n) is 5.43. The van der Waals surface area contributed by atoms with Crippen molar-refractivity contribution in [2.24, 2.45) is 0 Å². The monoisotopic (exact) mass is 274 g/mol. The number of nitrogens with zero attached hydrogens (tertiary/aromatic N) is 2. The second-order valence-electron chi connectivity index (χ2n) is 3.85. The van der Waals surface area contributed by atoms with E-state index < -0.39 is 0 Å². The summed E-state index contributed by atoms with van der Waals surface area (Å²) in [5.41, 5.74) is 2.85. The van der Waals surface area contributed by atoms with Crippen LogP contribution in [0.4, 0.5) is 0 Å². The molecule has 4 heteroatoms. The van der Waals surface area contributed by atoms with Crippen LogP contribution in [0, 0.1) is 0 Å². The summed E-state index contributed by atoms with van der Waals surface area (Å²) in [5, 5.41) is 1.35. The summed E-state index contributed by atoms with van der Waals surface area (Å²) in [6.45, 7) is 0. The summed E-state index contributed by atoms with van der Waals surface area (Å²) in [7, 11) is 0. The van der Waals surface area contributed by atoms with Gasteiger partial charge in [-0.15, -0.1) is 0 Å². The molecule has 0 spiro atoms. The zero-order chi connectivity index (χ0) is 12.5. The minimum atomic E-state index is 0.163. The van der Waals surface area contributed by atoms with Crippen LogP contribution in [0.1, 0.15) is 0 Å². The van der Waals surface area contributed by atoms with E-state index in [2.05, 4.69) is 9.97 Å². The first kappa shape index (κ1) is 11.5. The van der Waals surface area contributed by atoms with Gasteiger partial charge in [-0.05, 0) is 23.2 Å². The molecule has 3 aromatic rings. The molecule has 0 N–H and O–H groups in total. The number of aromatic nitrogens is 2. The summed E-state index contributed by atoms with van der Waals surface area (Å²) < 4.78 is 0. The van der Waals surface area contributed by atoms with E-state index >= 15 is 0 Å². The highest BCUT2D eigenvalue weighted by Gasteiger charge is 2.09. The molecule has 0 bridgehead atoms. The van der Waals surface area contributed by atoms with Crippen molar-refractivity contribution in [1.82, 2.24) is 9.97 Å². The van der Waals surface area contributed by atoms with E-state index in [1.54, 1.807) is 0 Å². The molecule has 88 valence electrons. The number of benzene rings is 2. The van der Waals surface area contributed by atoms with E-state index in [4.69, 9.17) is 23.2 Å². The van der Waals surface area contributed by atoms with Crippen LogP contribution < -0.4 is 0 Å². The van der Waals surface area contributed by atoms with Gasteiger partial charge in [-0.3, -0.25) is 0 Å². The van der Waals surface area contributed by atoms with E-state index in [0.29, 0.717) is 5.15 Å². The highest BCUT2D eigenvalue weighted by molar-refractivity contribution is 6.36. The van der Waals surface area contributed by atoms with Gasteiger partial charge in [-0.1, -0.05) is 54.1 Å². The topological polar surface area (TPSA) is 25.8 Å². The summed E-state index contributed by atoms with van der Waals surface area (Å²) in [5.74, 6) is 0. The molecule has 1 aromatic heterocycles. The van der Waals surface area contributed by atoms with E-state index in [1.165, 1.54) is 0 Å².